The standard InChI is InChI=1S/C26H24N4O3S/c1-16-17(2)34-25-24(16)26(32)29(15-27-25)14-23(31)30-22(19-9-11-20(33-3)12-10-19)13-21(28-30)18-7-5-4-6-8-18/h4-12,15,22H,13-14H2,1-3H3. The molecule has 7 nitrogen and oxygen atoms in total. The van der Waals surface area contributed by atoms with E-state index in [1.54, 1.807) is 7.11 Å². The van der Waals surface area contributed by atoms with Gasteiger partial charge in [0.05, 0.1) is 30.6 Å². The van der Waals surface area contributed by atoms with Gasteiger partial charge in [-0.3, -0.25) is 14.2 Å². The Morgan fingerprint density at radius 1 is 1.12 bits per heavy atom. The molecule has 5 rings (SSSR count). The molecule has 0 N–H and O–H groups in total. The lowest BCUT2D eigenvalue weighted by Gasteiger charge is -2.22. The van der Waals surface area contributed by atoms with Gasteiger partial charge in [0, 0.05) is 11.3 Å². The number of amides is 1. The van der Waals surface area contributed by atoms with Crippen LogP contribution in [0.1, 0.15) is 34.0 Å². The van der Waals surface area contributed by atoms with Crippen LogP contribution in [-0.2, 0) is 11.3 Å². The molecule has 3 heterocycles. The van der Waals surface area contributed by atoms with E-state index in [-0.39, 0.29) is 24.1 Å². The first-order valence-electron chi connectivity index (χ1n) is 11.0. The van der Waals surface area contributed by atoms with E-state index in [1.165, 1.54) is 27.2 Å². The summed E-state index contributed by atoms with van der Waals surface area (Å²) in [5.74, 6) is 0.482. The summed E-state index contributed by atoms with van der Waals surface area (Å²) in [6, 6.07) is 17.2. The molecule has 1 unspecified atom stereocenters. The van der Waals surface area contributed by atoms with Gasteiger partial charge in [-0.05, 0) is 42.7 Å². The third-order valence-electron chi connectivity index (χ3n) is 6.23. The van der Waals surface area contributed by atoms with E-state index in [0.717, 1.165) is 33.0 Å². The number of hydrogen-bond acceptors (Lipinski definition) is 6. The van der Waals surface area contributed by atoms with Gasteiger partial charge in [0.15, 0.2) is 0 Å². The van der Waals surface area contributed by atoms with Gasteiger partial charge in [-0.1, -0.05) is 42.5 Å². The summed E-state index contributed by atoms with van der Waals surface area (Å²) < 4.78 is 6.66. The van der Waals surface area contributed by atoms with E-state index >= 15 is 0 Å². The van der Waals surface area contributed by atoms with Gasteiger partial charge in [0.25, 0.3) is 11.5 Å². The molecule has 4 aromatic rings. The van der Waals surface area contributed by atoms with Crippen molar-refractivity contribution in [3.05, 3.63) is 92.8 Å². The van der Waals surface area contributed by atoms with Gasteiger partial charge in [0.2, 0.25) is 0 Å². The van der Waals surface area contributed by atoms with Crippen molar-refractivity contribution in [3.63, 3.8) is 0 Å². The van der Waals surface area contributed by atoms with Crippen molar-refractivity contribution >= 4 is 33.2 Å². The topological polar surface area (TPSA) is 76.8 Å². The van der Waals surface area contributed by atoms with Crippen molar-refractivity contribution < 1.29 is 9.53 Å². The van der Waals surface area contributed by atoms with Crippen LogP contribution >= 0.6 is 11.3 Å². The average Bonchev–Trinajstić information content (AvgIpc) is 3.43. The van der Waals surface area contributed by atoms with Gasteiger partial charge in [-0.25, -0.2) is 9.99 Å². The molecule has 8 heteroatoms. The molecule has 1 aliphatic rings. The number of nitrogens with zero attached hydrogens (tertiary/aromatic N) is 4. The predicted molar refractivity (Wildman–Crippen MR) is 134 cm³/mol. The number of aromatic nitrogens is 2. The number of methoxy groups -OCH3 is 1. The molecule has 0 fully saturated rings. The fourth-order valence-corrected chi connectivity index (χ4v) is 5.22. The lowest BCUT2D eigenvalue weighted by atomic mass is 9.98. The van der Waals surface area contributed by atoms with Crippen LogP contribution in [0.5, 0.6) is 5.75 Å². The monoisotopic (exact) mass is 472 g/mol. The van der Waals surface area contributed by atoms with Gasteiger partial charge < -0.3 is 4.74 Å². The number of aryl methyl sites for hydroxylation is 2. The number of hydrazone groups is 1. The van der Waals surface area contributed by atoms with Crippen LogP contribution in [0.3, 0.4) is 0 Å². The summed E-state index contributed by atoms with van der Waals surface area (Å²) in [4.78, 5) is 32.8. The number of thiophene rings is 1. The minimum atomic E-state index is -0.272. The van der Waals surface area contributed by atoms with Crippen molar-refractivity contribution in [2.45, 2.75) is 32.9 Å². The van der Waals surface area contributed by atoms with E-state index in [1.807, 2.05) is 68.4 Å². The third kappa shape index (κ3) is 3.90. The van der Waals surface area contributed by atoms with Crippen LogP contribution in [0.2, 0.25) is 0 Å². The maximum absolute atomic E-state index is 13.5. The van der Waals surface area contributed by atoms with Crippen LogP contribution < -0.4 is 10.3 Å². The molecule has 1 atom stereocenters. The van der Waals surface area contributed by atoms with Crippen LogP contribution in [0.15, 0.2) is 70.8 Å². The van der Waals surface area contributed by atoms with E-state index in [9.17, 15) is 9.59 Å². The molecule has 0 saturated carbocycles. The second-order valence-corrected chi connectivity index (χ2v) is 9.49. The summed E-state index contributed by atoms with van der Waals surface area (Å²) in [5.41, 5.74) is 3.48. The Morgan fingerprint density at radius 2 is 1.85 bits per heavy atom. The van der Waals surface area contributed by atoms with E-state index < -0.39 is 0 Å². The molecule has 0 spiro atoms. The molecule has 172 valence electrons. The van der Waals surface area contributed by atoms with Crippen molar-refractivity contribution in [2.75, 3.05) is 7.11 Å². The van der Waals surface area contributed by atoms with Crippen LogP contribution in [0.4, 0.5) is 0 Å². The van der Waals surface area contributed by atoms with E-state index in [2.05, 4.69) is 4.98 Å². The predicted octanol–water partition coefficient (Wildman–Crippen LogP) is 4.46. The molecule has 1 aliphatic heterocycles. The number of ether oxygens (including phenoxy) is 1. The second kappa shape index (κ2) is 8.87. The largest absolute Gasteiger partial charge is 0.497 e. The summed E-state index contributed by atoms with van der Waals surface area (Å²) in [6.07, 6.45) is 2.04. The highest BCUT2D eigenvalue weighted by Crippen LogP contribution is 2.34. The lowest BCUT2D eigenvalue weighted by molar-refractivity contribution is -0.133. The molecule has 0 aliphatic carbocycles. The van der Waals surface area contributed by atoms with Gasteiger partial charge >= 0.3 is 0 Å². The van der Waals surface area contributed by atoms with E-state index in [4.69, 9.17) is 9.84 Å². The number of fused-ring (bicyclic) bond motifs is 1. The molecule has 0 bridgehead atoms. The van der Waals surface area contributed by atoms with Gasteiger partial charge in [-0.15, -0.1) is 11.3 Å². The quantitative estimate of drug-likeness (QED) is 0.430. The number of carbonyl (C=O) groups is 1. The minimum Gasteiger partial charge on any atom is -0.497 e. The zero-order chi connectivity index (χ0) is 23.8. The number of rotatable bonds is 5. The third-order valence-corrected chi connectivity index (χ3v) is 7.35. The highest BCUT2D eigenvalue weighted by molar-refractivity contribution is 7.18. The van der Waals surface area contributed by atoms with Crippen molar-refractivity contribution in [3.8, 4) is 5.75 Å². The Kier molecular flexibility index (Phi) is 5.75. The average molecular weight is 473 g/mol. The molecule has 34 heavy (non-hydrogen) atoms. The van der Waals surface area contributed by atoms with Gasteiger partial charge in [-0.2, -0.15) is 5.10 Å². The number of hydrogen-bond donors (Lipinski definition) is 0. The zero-order valence-electron chi connectivity index (χ0n) is 19.2. The van der Waals surface area contributed by atoms with Gasteiger partial charge in [0.1, 0.15) is 17.1 Å². The van der Waals surface area contributed by atoms with Crippen LogP contribution in [0, 0.1) is 13.8 Å². The van der Waals surface area contributed by atoms with Crippen molar-refractivity contribution in [1.82, 2.24) is 14.6 Å². The Labute approximate surface area is 200 Å². The van der Waals surface area contributed by atoms with Crippen LogP contribution in [-0.4, -0.2) is 33.3 Å². The van der Waals surface area contributed by atoms with E-state index in [0.29, 0.717) is 16.6 Å². The highest BCUT2D eigenvalue weighted by atomic mass is 32.1. The van der Waals surface area contributed by atoms with Crippen molar-refractivity contribution in [1.29, 1.82) is 0 Å². The molecule has 0 radical (unpaired) electrons. The molecular formula is C26H24N4O3S. The Morgan fingerprint density at radius 3 is 2.56 bits per heavy atom. The summed E-state index contributed by atoms with van der Waals surface area (Å²) in [5, 5.41) is 6.79. The molecule has 2 aromatic carbocycles. The Bertz CT molecular complexity index is 1460. The van der Waals surface area contributed by atoms with Crippen LogP contribution in [0.25, 0.3) is 10.2 Å². The first-order valence-corrected chi connectivity index (χ1v) is 11.8. The molecule has 0 saturated heterocycles. The summed E-state index contributed by atoms with van der Waals surface area (Å²) in [7, 11) is 1.62. The number of carbonyl (C=O) groups excluding carboxylic acids is 1. The fourth-order valence-electron chi connectivity index (χ4n) is 4.23. The second-order valence-electron chi connectivity index (χ2n) is 8.29. The Balaban J connectivity index is 1.50. The minimum absolute atomic E-state index is 0.131. The highest BCUT2D eigenvalue weighted by Gasteiger charge is 2.33. The Hall–Kier alpha value is -3.78. The molecule has 1 amide bonds. The zero-order valence-corrected chi connectivity index (χ0v) is 20.0. The number of benzene rings is 2. The molecular weight excluding hydrogens is 448 g/mol. The maximum Gasteiger partial charge on any atom is 0.263 e. The maximum atomic E-state index is 13.5. The SMILES string of the molecule is COc1ccc(C2CC(c3ccccc3)=NN2C(=O)Cn2cnc3sc(C)c(C)c3c2=O)cc1. The van der Waals surface area contributed by atoms with Crippen molar-refractivity contribution in [2.24, 2.45) is 5.10 Å². The fraction of sp³-hybridized carbons (Fsp3) is 0.231. The first-order chi connectivity index (χ1) is 16.5. The first kappa shape index (κ1) is 22.0. The summed E-state index contributed by atoms with van der Waals surface area (Å²) in [6.45, 7) is 3.76. The smallest absolute Gasteiger partial charge is 0.263 e. The molecule has 2 aromatic heterocycles. The normalized spacial score (nSPS) is 15.6. The summed E-state index contributed by atoms with van der Waals surface area (Å²) >= 11 is 1.49. The lowest BCUT2D eigenvalue weighted by Crippen LogP contribution is -2.34.